The molecule has 0 aliphatic carbocycles. The summed E-state index contributed by atoms with van der Waals surface area (Å²) in [6.07, 6.45) is -4.60. The third-order valence-electron chi connectivity index (χ3n) is 6.68. The Kier molecular flexibility index (Phi) is 9.15. The Labute approximate surface area is 209 Å². The van der Waals surface area contributed by atoms with Crippen LogP contribution < -0.4 is 5.48 Å². The van der Waals surface area contributed by atoms with Crippen LogP contribution in [0, 0.1) is 0 Å². The van der Waals surface area contributed by atoms with Crippen LogP contribution in [0.5, 0.6) is 0 Å². The summed E-state index contributed by atoms with van der Waals surface area (Å²) in [5.41, 5.74) is 3.85. The Morgan fingerprint density at radius 2 is 1.61 bits per heavy atom. The lowest BCUT2D eigenvalue weighted by Crippen LogP contribution is -2.58. The molecule has 198 valence electrons. The van der Waals surface area contributed by atoms with Gasteiger partial charge in [0, 0.05) is 33.2 Å². The molecule has 0 unspecified atom stereocenters. The number of likely N-dealkylation sites (tertiary alicyclic amines) is 1. The van der Waals surface area contributed by atoms with Crippen LogP contribution in [0.25, 0.3) is 11.1 Å². The zero-order valence-corrected chi connectivity index (χ0v) is 20.9. The van der Waals surface area contributed by atoms with Gasteiger partial charge in [-0.05, 0) is 54.5 Å². The largest absolute Gasteiger partial charge is 0.389 e. The molecule has 7 nitrogen and oxygen atoms in total. The molecule has 36 heavy (non-hydrogen) atoms. The van der Waals surface area contributed by atoms with Gasteiger partial charge in [0.2, 0.25) is 0 Å². The Balaban J connectivity index is 1.75. The maximum Gasteiger partial charge on any atom is 0.389 e. The number of rotatable bonds is 10. The van der Waals surface area contributed by atoms with E-state index in [1.807, 2.05) is 4.90 Å². The Bertz CT molecular complexity index is 1110. The highest BCUT2D eigenvalue weighted by Gasteiger charge is 2.52. The Morgan fingerprint density at radius 1 is 1.06 bits per heavy atom. The van der Waals surface area contributed by atoms with Gasteiger partial charge in [-0.15, -0.1) is 0 Å². The van der Waals surface area contributed by atoms with Crippen molar-refractivity contribution in [1.82, 2.24) is 10.4 Å². The number of nitrogens with zero attached hydrogens (tertiary/aromatic N) is 1. The van der Waals surface area contributed by atoms with E-state index in [0.717, 1.165) is 16.7 Å². The van der Waals surface area contributed by atoms with Crippen molar-refractivity contribution in [1.29, 1.82) is 0 Å². The highest BCUT2D eigenvalue weighted by molar-refractivity contribution is 7.93. The molecule has 0 bridgehead atoms. The lowest BCUT2D eigenvalue weighted by Gasteiger charge is -2.39. The van der Waals surface area contributed by atoms with Gasteiger partial charge in [-0.2, -0.15) is 13.2 Å². The number of hydrogen-bond acceptors (Lipinski definition) is 6. The second kappa shape index (κ2) is 11.7. The summed E-state index contributed by atoms with van der Waals surface area (Å²) in [7, 11) is -2.55. The van der Waals surface area contributed by atoms with Gasteiger partial charge >= 0.3 is 6.18 Å². The zero-order chi connectivity index (χ0) is 26.4. The maximum absolute atomic E-state index is 13.6. The minimum atomic E-state index is -4.17. The molecule has 0 saturated carbocycles. The summed E-state index contributed by atoms with van der Waals surface area (Å²) >= 11 is 0. The van der Waals surface area contributed by atoms with Crippen LogP contribution in [-0.4, -0.2) is 68.7 Å². The minimum absolute atomic E-state index is 0.0166. The molecule has 1 aliphatic rings. The van der Waals surface area contributed by atoms with E-state index in [2.05, 4.69) is 0 Å². The van der Waals surface area contributed by atoms with Crippen LogP contribution in [0.4, 0.5) is 13.2 Å². The van der Waals surface area contributed by atoms with E-state index >= 15 is 0 Å². The van der Waals surface area contributed by atoms with Crippen molar-refractivity contribution in [3.63, 3.8) is 0 Å². The fraction of sp³-hybridized carbons (Fsp3) is 0.480. The van der Waals surface area contributed by atoms with Crippen LogP contribution in [0.2, 0.25) is 0 Å². The number of methoxy groups -OCH3 is 1. The first-order valence-electron chi connectivity index (χ1n) is 11.7. The molecule has 1 heterocycles. The second-order valence-electron chi connectivity index (χ2n) is 8.96. The molecule has 2 aromatic rings. The number of sulfone groups is 1. The quantitative estimate of drug-likeness (QED) is 0.358. The number of carbonyl (C=O) groups is 1. The predicted molar refractivity (Wildman–Crippen MR) is 128 cm³/mol. The number of aryl methyl sites for hydroxylation is 1. The lowest BCUT2D eigenvalue weighted by molar-refractivity contribution is -0.135. The SMILES string of the molecule is COCCN1CCC(C(=O)NO)(S(=O)(=O)c2ccc(-c3ccc(CCCC(F)(F)F)cc3)cc2)CC1. The van der Waals surface area contributed by atoms with Gasteiger partial charge in [-0.25, -0.2) is 13.9 Å². The molecule has 1 aliphatic heterocycles. The van der Waals surface area contributed by atoms with Crippen molar-refractivity contribution in [3.05, 3.63) is 54.1 Å². The van der Waals surface area contributed by atoms with E-state index in [0.29, 0.717) is 32.7 Å². The van der Waals surface area contributed by atoms with Crippen molar-refractivity contribution in [3.8, 4) is 11.1 Å². The number of hydroxylamine groups is 1. The summed E-state index contributed by atoms with van der Waals surface area (Å²) in [5.74, 6) is -0.945. The van der Waals surface area contributed by atoms with Gasteiger partial charge in [-0.1, -0.05) is 36.4 Å². The zero-order valence-electron chi connectivity index (χ0n) is 20.1. The molecule has 11 heteroatoms. The average Bonchev–Trinajstić information content (AvgIpc) is 2.87. The van der Waals surface area contributed by atoms with E-state index in [9.17, 15) is 31.6 Å². The average molecular weight is 529 g/mol. The van der Waals surface area contributed by atoms with E-state index in [-0.39, 0.29) is 24.2 Å². The second-order valence-corrected chi connectivity index (χ2v) is 11.2. The first-order valence-corrected chi connectivity index (χ1v) is 13.2. The number of piperidine rings is 1. The van der Waals surface area contributed by atoms with Crippen LogP contribution in [0.3, 0.4) is 0 Å². The fourth-order valence-electron chi connectivity index (χ4n) is 4.49. The number of halogens is 3. The first kappa shape index (κ1) is 28.1. The van der Waals surface area contributed by atoms with Crippen LogP contribution in [0.15, 0.2) is 53.4 Å². The molecule has 2 N–H and O–H groups in total. The molecular formula is C25H31F3N2O5S. The molecule has 0 spiro atoms. The number of amides is 1. The molecule has 1 amide bonds. The van der Waals surface area contributed by atoms with E-state index in [1.165, 1.54) is 12.1 Å². The molecule has 3 rings (SSSR count). The predicted octanol–water partition coefficient (Wildman–Crippen LogP) is 4.00. The normalized spacial score (nSPS) is 16.6. The number of hydrogen-bond donors (Lipinski definition) is 2. The summed E-state index contributed by atoms with van der Waals surface area (Å²) in [6.45, 7) is 1.83. The summed E-state index contributed by atoms with van der Waals surface area (Å²) < 4.78 is 67.5. The molecule has 2 aromatic carbocycles. The third kappa shape index (κ3) is 6.44. The lowest BCUT2D eigenvalue weighted by atomic mass is 9.95. The standard InChI is InChI=1S/C25H31F3N2O5S/c1-35-18-17-30-15-13-24(14-16-30,23(31)29-32)36(33,34)22-10-8-21(9-11-22)20-6-4-19(5-7-20)3-2-12-25(26,27)28/h4-11,32H,2-3,12-18H2,1H3,(H,29,31). The first-order chi connectivity index (χ1) is 17.0. The number of alkyl halides is 3. The molecular weight excluding hydrogens is 497 g/mol. The number of ether oxygens (including phenoxy) is 1. The molecule has 0 radical (unpaired) electrons. The van der Waals surface area contributed by atoms with Crippen LogP contribution >= 0.6 is 0 Å². The van der Waals surface area contributed by atoms with Crippen LogP contribution in [0.1, 0.15) is 31.2 Å². The smallest absolute Gasteiger partial charge is 0.383 e. The third-order valence-corrected chi connectivity index (χ3v) is 9.20. The van der Waals surface area contributed by atoms with E-state index < -0.39 is 33.1 Å². The van der Waals surface area contributed by atoms with E-state index in [1.54, 1.807) is 49.0 Å². The van der Waals surface area contributed by atoms with Gasteiger partial charge in [0.25, 0.3) is 5.91 Å². The molecule has 1 saturated heterocycles. The van der Waals surface area contributed by atoms with Gasteiger partial charge in [0.15, 0.2) is 14.6 Å². The minimum Gasteiger partial charge on any atom is -0.383 e. The van der Waals surface area contributed by atoms with Gasteiger partial charge in [-0.3, -0.25) is 10.0 Å². The van der Waals surface area contributed by atoms with E-state index in [4.69, 9.17) is 4.74 Å². The topological polar surface area (TPSA) is 95.9 Å². The van der Waals surface area contributed by atoms with Crippen molar-refractivity contribution in [2.24, 2.45) is 0 Å². The Morgan fingerprint density at radius 3 is 2.11 bits per heavy atom. The van der Waals surface area contributed by atoms with Gasteiger partial charge in [0.05, 0.1) is 11.5 Å². The number of benzene rings is 2. The Hall–Kier alpha value is -2.47. The van der Waals surface area contributed by atoms with Crippen molar-refractivity contribution in [2.75, 3.05) is 33.4 Å². The van der Waals surface area contributed by atoms with Crippen LogP contribution in [-0.2, 0) is 25.8 Å². The monoisotopic (exact) mass is 528 g/mol. The van der Waals surface area contributed by atoms with Crippen molar-refractivity contribution >= 4 is 15.7 Å². The fourth-order valence-corrected chi connectivity index (χ4v) is 6.44. The summed E-state index contributed by atoms with van der Waals surface area (Å²) in [4.78, 5) is 14.6. The molecule has 0 atom stereocenters. The highest BCUT2D eigenvalue weighted by atomic mass is 32.2. The molecule has 1 fully saturated rings. The van der Waals surface area contributed by atoms with Gasteiger partial charge < -0.3 is 9.64 Å². The summed E-state index contributed by atoms with van der Waals surface area (Å²) in [6, 6.07) is 13.2. The number of nitrogens with one attached hydrogen (secondary N) is 1. The summed E-state index contributed by atoms with van der Waals surface area (Å²) in [5, 5.41) is 9.33. The van der Waals surface area contributed by atoms with Crippen molar-refractivity contribution in [2.45, 2.75) is 47.9 Å². The van der Waals surface area contributed by atoms with Crippen molar-refractivity contribution < 1.29 is 36.3 Å². The van der Waals surface area contributed by atoms with Gasteiger partial charge in [0.1, 0.15) is 0 Å². The molecule has 0 aromatic heterocycles. The highest BCUT2D eigenvalue weighted by Crippen LogP contribution is 2.36. The maximum atomic E-state index is 13.6. The number of carbonyl (C=O) groups excluding carboxylic acids is 1.